The number of amides is 1. The van der Waals surface area contributed by atoms with Gasteiger partial charge in [0.15, 0.2) is 0 Å². The number of halogens is 2. The molecule has 2 saturated heterocycles. The average Bonchev–Trinajstić information content (AvgIpc) is 3.03. The molecule has 0 bridgehead atoms. The Hall–Kier alpha value is -2.73. The van der Waals surface area contributed by atoms with Crippen LogP contribution in [0.4, 0.5) is 4.39 Å². The van der Waals surface area contributed by atoms with Gasteiger partial charge in [-0.2, -0.15) is 11.8 Å². The third kappa shape index (κ3) is 9.68. The van der Waals surface area contributed by atoms with Gasteiger partial charge in [0.05, 0.1) is 6.20 Å². The molecule has 3 heterocycles. The smallest absolute Gasteiger partial charge is 0.257 e. The molecule has 0 radical (unpaired) electrons. The highest BCUT2D eigenvalue weighted by molar-refractivity contribution is 7.99. The summed E-state index contributed by atoms with van der Waals surface area (Å²) in [6.45, 7) is 10.6. The molecule has 2 atom stereocenters. The van der Waals surface area contributed by atoms with Crippen LogP contribution in [0.15, 0.2) is 54.7 Å². The molecule has 47 heavy (non-hydrogen) atoms. The zero-order chi connectivity index (χ0) is 32.0. The van der Waals surface area contributed by atoms with Gasteiger partial charge >= 0.3 is 0 Å². The molecule has 1 amide bonds. The SMILES string of the molecule is C[C@@H]1CN(Cc2ccc(-c3cccc(Oc4ncc(F)cc4C(=O)N[C@H]4CC[C@H](N)CC4)c3)c(CN3CCSCC3)c2)C[C@H](C)N1.Cl. The van der Waals surface area contributed by atoms with Crippen LogP contribution in [0.2, 0.25) is 0 Å². The summed E-state index contributed by atoms with van der Waals surface area (Å²) in [5.74, 6) is 1.98. The molecule has 2 aliphatic heterocycles. The monoisotopic (exact) mass is 682 g/mol. The van der Waals surface area contributed by atoms with E-state index in [9.17, 15) is 9.18 Å². The van der Waals surface area contributed by atoms with Crippen LogP contribution in [0, 0.1) is 5.82 Å². The number of thioether (sulfide) groups is 1. The van der Waals surface area contributed by atoms with E-state index < -0.39 is 5.82 Å². The van der Waals surface area contributed by atoms with Gasteiger partial charge in [0.25, 0.3) is 5.91 Å². The Bertz CT molecular complexity index is 1490. The molecule has 1 aromatic heterocycles. The number of piperazine rings is 1. The summed E-state index contributed by atoms with van der Waals surface area (Å²) in [5, 5.41) is 6.67. The third-order valence-electron chi connectivity index (χ3n) is 9.24. The van der Waals surface area contributed by atoms with Crippen molar-refractivity contribution in [3.8, 4) is 22.8 Å². The van der Waals surface area contributed by atoms with E-state index in [1.165, 1.54) is 17.2 Å². The van der Waals surface area contributed by atoms with Gasteiger partial charge in [-0.25, -0.2) is 9.37 Å². The Morgan fingerprint density at radius 2 is 1.77 bits per heavy atom. The van der Waals surface area contributed by atoms with Gasteiger partial charge in [0.2, 0.25) is 5.88 Å². The number of carbonyl (C=O) groups is 1. The molecule has 1 aliphatic carbocycles. The van der Waals surface area contributed by atoms with E-state index in [2.05, 4.69) is 63.5 Å². The predicted octanol–water partition coefficient (Wildman–Crippen LogP) is 5.83. The molecule has 3 aliphatic rings. The number of hydrogen-bond donors (Lipinski definition) is 3. The van der Waals surface area contributed by atoms with Gasteiger partial charge in [-0.15, -0.1) is 12.4 Å². The fourth-order valence-corrected chi connectivity index (χ4v) is 8.00. The first kappa shape index (κ1) is 35.6. The lowest BCUT2D eigenvalue weighted by molar-refractivity contribution is 0.0922. The lowest BCUT2D eigenvalue weighted by Crippen LogP contribution is -2.53. The van der Waals surface area contributed by atoms with Gasteiger partial charge in [0.1, 0.15) is 17.1 Å². The largest absolute Gasteiger partial charge is 0.438 e. The minimum atomic E-state index is -0.581. The normalized spacial score (nSPS) is 23.9. The van der Waals surface area contributed by atoms with Crippen molar-refractivity contribution in [3.05, 3.63) is 77.2 Å². The van der Waals surface area contributed by atoms with Crippen molar-refractivity contribution in [2.45, 2.75) is 76.8 Å². The fraction of sp³-hybridized carbons (Fsp3) is 0.500. The zero-order valence-corrected chi connectivity index (χ0v) is 29.1. The standard InChI is InChI=1S/C36H47FN6O2S.ClH/c1-24-20-43(21-25(2)40-24)22-26-6-11-33(28(16-26)23-42-12-14-46-15-13-42)27-4-3-5-32(17-27)45-36-34(18-29(37)19-39-36)35(44)41-31-9-7-30(38)8-10-31;/h3-6,11,16-19,24-25,30-31,40H,7-10,12-15,20-23,38H2,1-2H3,(H,41,44);1H/t24-,25+,30-,31-;. The van der Waals surface area contributed by atoms with Crippen molar-refractivity contribution in [1.29, 1.82) is 0 Å². The van der Waals surface area contributed by atoms with E-state index in [1.807, 2.05) is 30.0 Å². The molecule has 0 unspecified atom stereocenters. The quantitative estimate of drug-likeness (QED) is 0.260. The number of ether oxygens (including phenoxy) is 1. The molecule has 254 valence electrons. The van der Waals surface area contributed by atoms with Gasteiger partial charge in [-0.3, -0.25) is 14.6 Å². The van der Waals surface area contributed by atoms with E-state index in [4.69, 9.17) is 10.5 Å². The number of nitrogens with two attached hydrogens (primary N) is 1. The van der Waals surface area contributed by atoms with Crippen molar-refractivity contribution < 1.29 is 13.9 Å². The second kappa shape index (κ2) is 16.6. The van der Waals surface area contributed by atoms with Crippen molar-refractivity contribution in [2.24, 2.45) is 5.73 Å². The summed E-state index contributed by atoms with van der Waals surface area (Å²) < 4.78 is 20.5. The molecule has 4 N–H and O–H groups in total. The van der Waals surface area contributed by atoms with Crippen molar-refractivity contribution in [1.82, 2.24) is 25.4 Å². The highest BCUT2D eigenvalue weighted by Gasteiger charge is 2.24. The molecule has 1 saturated carbocycles. The lowest BCUT2D eigenvalue weighted by atomic mass is 9.91. The maximum Gasteiger partial charge on any atom is 0.257 e. The number of nitrogens with one attached hydrogen (secondary N) is 2. The van der Waals surface area contributed by atoms with Crippen LogP contribution in [-0.4, -0.2) is 82.5 Å². The highest BCUT2D eigenvalue weighted by atomic mass is 35.5. The van der Waals surface area contributed by atoms with Crippen molar-refractivity contribution >= 4 is 30.1 Å². The summed E-state index contributed by atoms with van der Waals surface area (Å²) in [6, 6.07) is 17.1. The molecule has 3 fully saturated rings. The number of nitrogens with zero attached hydrogens (tertiary/aromatic N) is 3. The maximum atomic E-state index is 14.3. The van der Waals surface area contributed by atoms with E-state index in [1.54, 1.807) is 0 Å². The first-order valence-corrected chi connectivity index (χ1v) is 17.8. The number of hydrogen-bond acceptors (Lipinski definition) is 8. The molecule has 3 aromatic rings. The maximum absolute atomic E-state index is 14.3. The Labute approximate surface area is 288 Å². The van der Waals surface area contributed by atoms with Crippen LogP contribution in [0.25, 0.3) is 11.1 Å². The Balaban J connectivity index is 0.00000433. The summed E-state index contributed by atoms with van der Waals surface area (Å²) in [4.78, 5) is 22.5. The molecule has 8 nitrogen and oxygen atoms in total. The first-order valence-electron chi connectivity index (χ1n) is 16.7. The van der Waals surface area contributed by atoms with E-state index in [0.717, 1.165) is 93.8 Å². The topological polar surface area (TPSA) is 95.8 Å². The van der Waals surface area contributed by atoms with Gasteiger partial charge in [0, 0.05) is 74.9 Å². The number of carbonyl (C=O) groups excluding carboxylic acids is 1. The molecule has 0 spiro atoms. The summed E-state index contributed by atoms with van der Waals surface area (Å²) >= 11 is 2.02. The van der Waals surface area contributed by atoms with Crippen molar-refractivity contribution in [3.63, 3.8) is 0 Å². The second-order valence-corrected chi connectivity index (χ2v) is 14.5. The lowest BCUT2D eigenvalue weighted by Gasteiger charge is -2.36. The van der Waals surface area contributed by atoms with Crippen molar-refractivity contribution in [2.75, 3.05) is 37.7 Å². The van der Waals surface area contributed by atoms with Crippen LogP contribution in [0.3, 0.4) is 0 Å². The molecule has 2 aromatic carbocycles. The van der Waals surface area contributed by atoms with Gasteiger partial charge < -0.3 is 21.1 Å². The Morgan fingerprint density at radius 1 is 1.02 bits per heavy atom. The molecule has 11 heteroatoms. The van der Waals surface area contributed by atoms with Crippen LogP contribution >= 0.6 is 24.2 Å². The minimum Gasteiger partial charge on any atom is -0.438 e. The third-order valence-corrected chi connectivity index (χ3v) is 10.2. The molecular weight excluding hydrogens is 635 g/mol. The molecule has 6 rings (SSSR count). The van der Waals surface area contributed by atoms with Gasteiger partial charge in [-0.05, 0) is 80.0 Å². The Morgan fingerprint density at radius 3 is 2.51 bits per heavy atom. The second-order valence-electron chi connectivity index (χ2n) is 13.3. The zero-order valence-electron chi connectivity index (χ0n) is 27.4. The number of rotatable bonds is 9. The molecular formula is C36H48ClFN6O2S. The van der Waals surface area contributed by atoms with Crippen LogP contribution in [0.5, 0.6) is 11.6 Å². The van der Waals surface area contributed by atoms with Crippen LogP contribution < -0.4 is 21.1 Å². The van der Waals surface area contributed by atoms with Crippen LogP contribution in [-0.2, 0) is 13.1 Å². The predicted molar refractivity (Wildman–Crippen MR) is 191 cm³/mol. The minimum absolute atomic E-state index is 0. The summed E-state index contributed by atoms with van der Waals surface area (Å²) in [6.07, 6.45) is 4.41. The Kier molecular flexibility index (Phi) is 12.6. The number of benzene rings is 2. The van der Waals surface area contributed by atoms with Crippen LogP contribution in [0.1, 0.15) is 61.0 Å². The number of pyridine rings is 1. The summed E-state index contributed by atoms with van der Waals surface area (Å²) in [7, 11) is 0. The fourth-order valence-electron chi connectivity index (χ4n) is 7.02. The summed E-state index contributed by atoms with van der Waals surface area (Å²) in [5.41, 5.74) is 10.9. The van der Waals surface area contributed by atoms with E-state index >= 15 is 0 Å². The average molecular weight is 683 g/mol. The number of aromatic nitrogens is 1. The highest BCUT2D eigenvalue weighted by Crippen LogP contribution is 2.32. The first-order chi connectivity index (χ1) is 22.3. The van der Waals surface area contributed by atoms with Gasteiger partial charge in [-0.1, -0.05) is 30.3 Å². The van der Waals surface area contributed by atoms with E-state index in [0.29, 0.717) is 17.8 Å². The van der Waals surface area contributed by atoms with E-state index in [-0.39, 0.29) is 41.8 Å².